The highest BCUT2D eigenvalue weighted by Gasteiger charge is 2.31. The third-order valence-corrected chi connectivity index (χ3v) is 4.53. The molecule has 2 aromatic carbocycles. The molecule has 2 N–H and O–H groups in total. The first-order valence-electron chi connectivity index (χ1n) is 8.21. The molecule has 0 saturated heterocycles. The van der Waals surface area contributed by atoms with Crippen LogP contribution in [0, 0.1) is 0 Å². The zero-order chi connectivity index (χ0) is 17.4. The van der Waals surface area contributed by atoms with Gasteiger partial charge in [0.05, 0.1) is 6.04 Å². The van der Waals surface area contributed by atoms with Crippen LogP contribution in [0.15, 0.2) is 48.5 Å². The molecule has 1 unspecified atom stereocenters. The van der Waals surface area contributed by atoms with Gasteiger partial charge in [0, 0.05) is 22.3 Å². The second kappa shape index (κ2) is 6.02. The minimum Gasteiger partial charge on any atom is -0.406 e. The lowest BCUT2D eigenvalue weighted by Crippen LogP contribution is -2.17. The van der Waals surface area contributed by atoms with Crippen molar-refractivity contribution in [1.82, 2.24) is 4.98 Å². The number of alkyl halides is 3. The van der Waals surface area contributed by atoms with Crippen molar-refractivity contribution >= 4 is 16.6 Å². The molecule has 1 heterocycles. The molecule has 0 radical (unpaired) electrons. The quantitative estimate of drug-likeness (QED) is 0.652. The number of aromatic amines is 1. The normalized spacial score (nSPS) is 17.3. The summed E-state index contributed by atoms with van der Waals surface area (Å²) in [5.41, 5.74) is 3.98. The summed E-state index contributed by atoms with van der Waals surface area (Å²) in [5.74, 6) is -0.181. The highest BCUT2D eigenvalue weighted by atomic mass is 19.4. The van der Waals surface area contributed by atoms with Gasteiger partial charge in [0.25, 0.3) is 0 Å². The first-order chi connectivity index (χ1) is 12.0. The molecular weight excluding hydrogens is 329 g/mol. The van der Waals surface area contributed by atoms with Crippen molar-refractivity contribution in [2.75, 3.05) is 5.32 Å². The van der Waals surface area contributed by atoms with Gasteiger partial charge in [0.15, 0.2) is 0 Å². The van der Waals surface area contributed by atoms with Crippen molar-refractivity contribution in [2.24, 2.45) is 0 Å². The number of hydrogen-bond donors (Lipinski definition) is 2. The fourth-order valence-electron chi connectivity index (χ4n) is 3.52. The fraction of sp³-hybridized carbons (Fsp3) is 0.263. The van der Waals surface area contributed by atoms with Crippen LogP contribution in [0.4, 0.5) is 18.9 Å². The summed E-state index contributed by atoms with van der Waals surface area (Å²) in [6, 6.07) is 14.5. The molecule has 1 atom stereocenters. The van der Waals surface area contributed by atoms with E-state index in [1.54, 1.807) is 6.07 Å². The Balaban J connectivity index is 1.69. The van der Waals surface area contributed by atoms with Crippen LogP contribution in [0.5, 0.6) is 5.75 Å². The number of H-pyrrole nitrogens is 1. The molecule has 3 aromatic rings. The van der Waals surface area contributed by atoms with Crippen molar-refractivity contribution in [3.8, 4) is 5.75 Å². The van der Waals surface area contributed by atoms with Crippen molar-refractivity contribution < 1.29 is 17.9 Å². The highest BCUT2D eigenvalue weighted by molar-refractivity contribution is 5.86. The Morgan fingerprint density at radius 1 is 1.08 bits per heavy atom. The van der Waals surface area contributed by atoms with Gasteiger partial charge in [-0.1, -0.05) is 18.2 Å². The lowest BCUT2D eigenvalue weighted by atomic mass is 9.91. The summed E-state index contributed by atoms with van der Waals surface area (Å²) in [6.07, 6.45) is -1.88. The zero-order valence-corrected chi connectivity index (χ0v) is 13.4. The predicted octanol–water partition coefficient (Wildman–Crippen LogP) is 5.56. The molecule has 6 heteroatoms. The summed E-state index contributed by atoms with van der Waals surface area (Å²) in [6.45, 7) is 0. The van der Waals surface area contributed by atoms with Gasteiger partial charge in [0.1, 0.15) is 5.75 Å². The van der Waals surface area contributed by atoms with Gasteiger partial charge in [0.2, 0.25) is 0 Å². The number of anilines is 1. The summed E-state index contributed by atoms with van der Waals surface area (Å²) in [7, 11) is 0. The fourth-order valence-corrected chi connectivity index (χ4v) is 3.52. The smallest absolute Gasteiger partial charge is 0.406 e. The molecule has 1 aliphatic carbocycles. The van der Waals surface area contributed by atoms with Gasteiger partial charge >= 0.3 is 6.36 Å². The summed E-state index contributed by atoms with van der Waals surface area (Å²) >= 11 is 0. The monoisotopic (exact) mass is 346 g/mol. The zero-order valence-electron chi connectivity index (χ0n) is 13.4. The molecule has 4 rings (SSSR count). The van der Waals surface area contributed by atoms with Gasteiger partial charge in [-0.2, -0.15) is 0 Å². The van der Waals surface area contributed by atoms with Gasteiger partial charge in [-0.05, 0) is 55.2 Å². The number of aryl methyl sites for hydroxylation is 1. The highest BCUT2D eigenvalue weighted by Crippen LogP contribution is 2.38. The number of ether oxygens (including phenoxy) is 1. The predicted molar refractivity (Wildman–Crippen MR) is 90.7 cm³/mol. The Morgan fingerprint density at radius 3 is 2.64 bits per heavy atom. The van der Waals surface area contributed by atoms with Crippen LogP contribution in [-0.4, -0.2) is 11.3 Å². The van der Waals surface area contributed by atoms with Crippen LogP contribution < -0.4 is 10.1 Å². The molecule has 0 aliphatic heterocycles. The van der Waals surface area contributed by atoms with E-state index in [-0.39, 0.29) is 11.8 Å². The number of rotatable bonds is 3. The largest absolute Gasteiger partial charge is 0.573 e. The van der Waals surface area contributed by atoms with Crippen LogP contribution >= 0.6 is 0 Å². The number of para-hydroxylation sites is 1. The molecule has 0 fully saturated rings. The Kier molecular flexibility index (Phi) is 3.82. The summed E-state index contributed by atoms with van der Waals surface area (Å²) < 4.78 is 41.5. The van der Waals surface area contributed by atoms with Gasteiger partial charge in [-0.15, -0.1) is 13.2 Å². The van der Waals surface area contributed by atoms with Crippen LogP contribution in [0.2, 0.25) is 0 Å². The maximum atomic E-state index is 12.5. The van der Waals surface area contributed by atoms with Crippen LogP contribution in [-0.2, 0) is 6.42 Å². The van der Waals surface area contributed by atoms with E-state index < -0.39 is 6.36 Å². The minimum absolute atomic E-state index is 0.116. The van der Waals surface area contributed by atoms with E-state index in [0.29, 0.717) is 0 Å². The first kappa shape index (κ1) is 15.9. The second-order valence-corrected chi connectivity index (χ2v) is 6.23. The molecular formula is C19H17F3N2O. The lowest BCUT2D eigenvalue weighted by molar-refractivity contribution is -0.274. The third kappa shape index (κ3) is 3.29. The maximum absolute atomic E-state index is 12.5. The molecule has 0 bridgehead atoms. The number of aromatic nitrogens is 1. The van der Waals surface area contributed by atoms with E-state index in [1.165, 1.54) is 12.1 Å². The maximum Gasteiger partial charge on any atom is 0.573 e. The van der Waals surface area contributed by atoms with Crippen molar-refractivity contribution in [2.45, 2.75) is 31.7 Å². The molecule has 1 aliphatic rings. The average molecular weight is 346 g/mol. The average Bonchev–Trinajstić information content (AvgIpc) is 2.94. The molecule has 0 saturated carbocycles. The lowest BCUT2D eigenvalue weighted by Gasteiger charge is -2.24. The van der Waals surface area contributed by atoms with Gasteiger partial charge < -0.3 is 15.0 Å². The molecule has 0 spiro atoms. The second-order valence-electron chi connectivity index (χ2n) is 6.23. The minimum atomic E-state index is -4.68. The summed E-state index contributed by atoms with van der Waals surface area (Å²) in [5, 5.41) is 4.31. The van der Waals surface area contributed by atoms with E-state index in [9.17, 15) is 13.2 Å². The molecule has 0 amide bonds. The van der Waals surface area contributed by atoms with E-state index >= 15 is 0 Å². The SMILES string of the molecule is FC(F)(F)Oc1ccc2[nH]c3c(c2c1)CCCC3Nc1ccccc1. The summed E-state index contributed by atoms with van der Waals surface area (Å²) in [4.78, 5) is 3.38. The Morgan fingerprint density at radius 2 is 1.88 bits per heavy atom. The van der Waals surface area contributed by atoms with Crippen molar-refractivity contribution in [1.29, 1.82) is 0 Å². The number of halogens is 3. The number of benzene rings is 2. The van der Waals surface area contributed by atoms with E-state index in [4.69, 9.17) is 0 Å². The number of hydrogen-bond acceptors (Lipinski definition) is 2. The first-order valence-corrected chi connectivity index (χ1v) is 8.21. The van der Waals surface area contributed by atoms with Crippen LogP contribution in [0.25, 0.3) is 10.9 Å². The van der Waals surface area contributed by atoms with Crippen molar-refractivity contribution in [3.05, 3.63) is 59.8 Å². The standard InChI is InChI=1S/C19H17F3N2O/c20-19(21,22)25-13-9-10-16-15(11-13)14-7-4-8-17(18(14)24-16)23-12-5-2-1-3-6-12/h1-3,5-6,9-11,17,23-24H,4,7-8H2. The van der Waals surface area contributed by atoms with Crippen LogP contribution in [0.1, 0.15) is 30.1 Å². The molecule has 130 valence electrons. The number of nitrogens with one attached hydrogen (secondary N) is 2. The number of fused-ring (bicyclic) bond motifs is 3. The topological polar surface area (TPSA) is 37.0 Å². The van der Waals surface area contributed by atoms with Crippen LogP contribution in [0.3, 0.4) is 0 Å². The van der Waals surface area contributed by atoms with E-state index in [1.807, 2.05) is 30.3 Å². The van der Waals surface area contributed by atoms with E-state index in [2.05, 4.69) is 15.0 Å². The molecule has 1 aromatic heterocycles. The Labute approximate surface area is 142 Å². The third-order valence-electron chi connectivity index (χ3n) is 4.53. The van der Waals surface area contributed by atoms with E-state index in [0.717, 1.165) is 47.1 Å². The Hall–Kier alpha value is -2.63. The van der Waals surface area contributed by atoms with Gasteiger partial charge in [-0.25, -0.2) is 0 Å². The van der Waals surface area contributed by atoms with Gasteiger partial charge in [-0.3, -0.25) is 0 Å². The Bertz CT molecular complexity index is 887. The molecule has 25 heavy (non-hydrogen) atoms. The van der Waals surface area contributed by atoms with Crippen molar-refractivity contribution in [3.63, 3.8) is 0 Å². The molecule has 3 nitrogen and oxygen atoms in total.